The number of ketones is 1. The first-order chi connectivity index (χ1) is 21.5. The van der Waals surface area contributed by atoms with Crippen LogP contribution in [0.3, 0.4) is 0 Å². The van der Waals surface area contributed by atoms with Crippen molar-refractivity contribution in [2.75, 3.05) is 18.8 Å². The Morgan fingerprint density at radius 2 is 1.57 bits per heavy atom. The highest BCUT2D eigenvalue weighted by Gasteiger charge is 2.63. The lowest BCUT2D eigenvalue weighted by molar-refractivity contribution is -0.143. The summed E-state index contributed by atoms with van der Waals surface area (Å²) < 4.78 is 25.6. The van der Waals surface area contributed by atoms with Gasteiger partial charge in [-0.25, -0.2) is 13.2 Å². The van der Waals surface area contributed by atoms with E-state index in [0.29, 0.717) is 12.8 Å². The lowest BCUT2D eigenvalue weighted by Crippen LogP contribution is -2.63. The third-order valence-electron chi connectivity index (χ3n) is 10.8. The second-order valence-electron chi connectivity index (χ2n) is 16.8. The quantitative estimate of drug-likeness (QED) is 0.203. The third kappa shape index (κ3) is 7.70. The highest BCUT2D eigenvalue weighted by atomic mass is 32.2. The molecule has 264 valence electrons. The van der Waals surface area contributed by atoms with Crippen LogP contribution in [0.5, 0.6) is 0 Å². The van der Waals surface area contributed by atoms with Crippen molar-refractivity contribution in [3.63, 3.8) is 0 Å². The van der Waals surface area contributed by atoms with E-state index in [2.05, 4.69) is 27.8 Å². The Hall–Kier alpha value is -2.96. The van der Waals surface area contributed by atoms with Crippen molar-refractivity contribution >= 4 is 39.4 Å². The normalized spacial score (nSPS) is 25.9. The van der Waals surface area contributed by atoms with Crippen LogP contribution in [0.15, 0.2) is 12.2 Å². The first-order valence-corrected chi connectivity index (χ1v) is 18.6. The molecule has 4 aliphatic rings. The number of amides is 5. The maximum atomic E-state index is 14.4. The first kappa shape index (κ1) is 36.9. The average Bonchev–Trinajstić information content (AvgIpc) is 3.68. The zero-order chi connectivity index (χ0) is 35.3. The number of urea groups is 1. The first-order valence-electron chi connectivity index (χ1n) is 16.9. The van der Waals surface area contributed by atoms with Crippen LogP contribution in [0.2, 0.25) is 0 Å². The molecule has 3 saturated carbocycles. The molecule has 0 aromatic carbocycles. The fourth-order valence-corrected chi connectivity index (χ4v) is 8.77. The van der Waals surface area contributed by atoms with Gasteiger partial charge in [0.05, 0.1) is 22.6 Å². The average molecular weight is 678 g/mol. The molecule has 4 N–H and O–H groups in total. The molecule has 4 atom stereocenters. The molecule has 0 spiro atoms. The number of fused-ring (bicyclic) bond motifs is 1. The monoisotopic (exact) mass is 677 g/mol. The molecule has 0 bridgehead atoms. The van der Waals surface area contributed by atoms with E-state index >= 15 is 0 Å². The molecule has 4 unspecified atom stereocenters. The molecule has 1 saturated heterocycles. The Labute approximate surface area is 279 Å². The lowest BCUT2D eigenvalue weighted by atomic mass is 9.52. The largest absolute Gasteiger partial charge is 0.347 e. The number of rotatable bonds is 10. The number of nitrogens with one attached hydrogen (secondary N) is 4. The maximum absolute atomic E-state index is 14.4. The van der Waals surface area contributed by atoms with E-state index in [0.717, 1.165) is 37.7 Å². The standard InChI is InChI=1S/C34H55N5O7S/c1-20-24-22(33(20,8)9)18-39(25(24)28(42)35-17-23(40)27(41)36-21-13-14-21)29(43)26(31(2,3)4)37-30(44)38-34(15-11-10-12-16-34)19-47(45,46)32(5,6)7/h21-22,24-26H,1,10-19H2,2-9H3,(H,35,42)(H,36,41)(H2,37,38,44). The predicted octanol–water partition coefficient (Wildman–Crippen LogP) is 2.62. The molecule has 12 nitrogen and oxygen atoms in total. The molecular formula is C34H55N5O7S. The van der Waals surface area contributed by atoms with Crippen molar-refractivity contribution in [3.8, 4) is 0 Å². The molecule has 0 radical (unpaired) electrons. The number of likely N-dealkylation sites (tertiary alicyclic amines) is 1. The zero-order valence-electron chi connectivity index (χ0n) is 29.4. The fourth-order valence-electron chi connectivity index (χ4n) is 7.25. The molecule has 4 fully saturated rings. The Kier molecular flexibility index (Phi) is 10.1. The predicted molar refractivity (Wildman–Crippen MR) is 179 cm³/mol. The summed E-state index contributed by atoms with van der Waals surface area (Å²) >= 11 is 0. The van der Waals surface area contributed by atoms with Crippen molar-refractivity contribution in [1.82, 2.24) is 26.2 Å². The minimum absolute atomic E-state index is 0.00121. The van der Waals surface area contributed by atoms with E-state index in [1.807, 2.05) is 34.6 Å². The van der Waals surface area contributed by atoms with E-state index < -0.39 is 73.7 Å². The Balaban J connectivity index is 1.54. The lowest BCUT2D eigenvalue weighted by Gasteiger charge is -2.51. The minimum Gasteiger partial charge on any atom is -0.347 e. The van der Waals surface area contributed by atoms with Crippen molar-refractivity contribution in [2.24, 2.45) is 22.7 Å². The molecular weight excluding hydrogens is 622 g/mol. The highest BCUT2D eigenvalue weighted by Crippen LogP contribution is 2.60. The SMILES string of the molecule is C=C1C2C(C(=O)NCC(=O)C(=O)NC3CC3)N(C(=O)C(NC(=O)NC3(CS(=O)(=O)C(C)(C)C)CCCCC3)C(C)(C)C)CC2C1(C)C. The number of nitrogens with zero attached hydrogens (tertiary/aromatic N) is 1. The van der Waals surface area contributed by atoms with Crippen molar-refractivity contribution in [2.45, 2.75) is 129 Å². The Morgan fingerprint density at radius 3 is 2.11 bits per heavy atom. The van der Waals surface area contributed by atoms with Crippen LogP contribution < -0.4 is 21.3 Å². The van der Waals surface area contributed by atoms with Gasteiger partial charge in [0.2, 0.25) is 17.6 Å². The van der Waals surface area contributed by atoms with Crippen LogP contribution in [-0.4, -0.2) is 90.1 Å². The van der Waals surface area contributed by atoms with Crippen LogP contribution in [0, 0.1) is 22.7 Å². The van der Waals surface area contributed by atoms with E-state index in [9.17, 15) is 32.4 Å². The number of hydrogen-bond donors (Lipinski definition) is 4. The summed E-state index contributed by atoms with van der Waals surface area (Å²) in [6.07, 6.45) is 5.17. The number of hydrogen-bond acceptors (Lipinski definition) is 7. The van der Waals surface area contributed by atoms with Crippen LogP contribution in [0.1, 0.15) is 100 Å². The number of carbonyl (C=O) groups is 5. The zero-order valence-corrected chi connectivity index (χ0v) is 30.2. The van der Waals surface area contributed by atoms with Gasteiger partial charge in [0.25, 0.3) is 5.91 Å². The fraction of sp³-hybridized carbons (Fsp3) is 0.794. The van der Waals surface area contributed by atoms with Gasteiger partial charge in [0.1, 0.15) is 12.1 Å². The molecule has 5 amide bonds. The van der Waals surface area contributed by atoms with Gasteiger partial charge in [-0.05, 0) is 63.2 Å². The van der Waals surface area contributed by atoms with Crippen LogP contribution in [-0.2, 0) is 29.0 Å². The van der Waals surface area contributed by atoms with Gasteiger partial charge in [0.15, 0.2) is 9.84 Å². The summed E-state index contributed by atoms with van der Waals surface area (Å²) in [6.45, 7) is 18.4. The molecule has 0 aromatic rings. The molecule has 13 heteroatoms. The Bertz CT molecular complexity index is 1410. The summed E-state index contributed by atoms with van der Waals surface area (Å²) in [5, 5.41) is 11.1. The summed E-state index contributed by atoms with van der Waals surface area (Å²) in [5.74, 6) is -3.12. The van der Waals surface area contributed by atoms with Crippen LogP contribution in [0.25, 0.3) is 0 Å². The van der Waals surface area contributed by atoms with Crippen LogP contribution >= 0.6 is 0 Å². The highest BCUT2D eigenvalue weighted by molar-refractivity contribution is 7.92. The maximum Gasteiger partial charge on any atom is 0.315 e. The number of Topliss-reactive ketones (excluding diaryl/α,β-unsaturated/α-hetero) is 1. The van der Waals surface area contributed by atoms with Gasteiger partial charge in [-0.3, -0.25) is 19.2 Å². The second kappa shape index (κ2) is 12.8. The van der Waals surface area contributed by atoms with Gasteiger partial charge in [-0.2, -0.15) is 0 Å². The Morgan fingerprint density at radius 1 is 0.979 bits per heavy atom. The van der Waals surface area contributed by atoms with Crippen LogP contribution in [0.4, 0.5) is 4.79 Å². The molecule has 1 heterocycles. The summed E-state index contributed by atoms with van der Waals surface area (Å²) in [7, 11) is -3.57. The number of sulfone groups is 1. The van der Waals surface area contributed by atoms with Gasteiger partial charge >= 0.3 is 6.03 Å². The smallest absolute Gasteiger partial charge is 0.315 e. The van der Waals surface area contributed by atoms with Gasteiger partial charge in [-0.1, -0.05) is 66.0 Å². The van der Waals surface area contributed by atoms with Gasteiger partial charge in [0, 0.05) is 18.5 Å². The third-order valence-corrected chi connectivity index (χ3v) is 13.6. The second-order valence-corrected chi connectivity index (χ2v) is 19.6. The molecule has 3 aliphatic carbocycles. The molecule has 47 heavy (non-hydrogen) atoms. The van der Waals surface area contributed by atoms with Gasteiger partial charge < -0.3 is 26.2 Å². The molecule has 4 rings (SSSR count). The van der Waals surface area contributed by atoms with E-state index in [1.54, 1.807) is 20.8 Å². The molecule has 1 aliphatic heterocycles. The van der Waals surface area contributed by atoms with Crippen molar-refractivity contribution < 1.29 is 32.4 Å². The summed E-state index contributed by atoms with van der Waals surface area (Å²) in [6, 6.07) is -2.66. The minimum atomic E-state index is -3.57. The van der Waals surface area contributed by atoms with E-state index in [-0.39, 0.29) is 35.6 Å². The summed E-state index contributed by atoms with van der Waals surface area (Å²) in [5.41, 5.74) is -1.24. The van der Waals surface area contributed by atoms with E-state index in [1.165, 1.54) is 4.90 Å². The molecule has 0 aromatic heterocycles. The topological polar surface area (TPSA) is 171 Å². The van der Waals surface area contributed by atoms with Crippen molar-refractivity contribution in [3.05, 3.63) is 12.2 Å². The summed E-state index contributed by atoms with van der Waals surface area (Å²) in [4.78, 5) is 67.9. The van der Waals surface area contributed by atoms with Gasteiger partial charge in [-0.15, -0.1) is 0 Å². The van der Waals surface area contributed by atoms with Crippen molar-refractivity contribution in [1.29, 1.82) is 0 Å². The number of carbonyl (C=O) groups excluding carboxylic acids is 5. The van der Waals surface area contributed by atoms with E-state index in [4.69, 9.17) is 0 Å².